The van der Waals surface area contributed by atoms with Gasteiger partial charge in [-0.2, -0.15) is 26.3 Å². The largest absolute Gasteiger partial charge is 0.768 e. The zero-order valence-electron chi connectivity index (χ0n) is 16.7. The summed E-state index contributed by atoms with van der Waals surface area (Å²) < 4.78 is 117. The molecule has 176 valence electrons. The number of rotatable bonds is 6. The second-order valence-electron chi connectivity index (χ2n) is 6.81. The second-order valence-corrected chi connectivity index (χ2v) is 7.75. The summed E-state index contributed by atoms with van der Waals surface area (Å²) in [5, 5.41) is 0. The highest BCUT2D eigenvalue weighted by Gasteiger charge is 2.72. The highest BCUT2D eigenvalue weighted by Crippen LogP contribution is 2.56. The number of methoxy groups -OCH3 is 1. The fourth-order valence-corrected chi connectivity index (χ4v) is 3.71. The van der Waals surface area contributed by atoms with Crippen LogP contribution in [0.1, 0.15) is 11.1 Å². The van der Waals surface area contributed by atoms with Crippen molar-refractivity contribution in [1.29, 1.82) is 0 Å². The van der Waals surface area contributed by atoms with Crippen molar-refractivity contribution in [1.82, 2.24) is 0 Å². The molecule has 0 saturated heterocycles. The molecule has 0 aromatic heterocycles. The summed E-state index contributed by atoms with van der Waals surface area (Å²) in [4.78, 5) is -0.0164. The van der Waals surface area contributed by atoms with E-state index < -0.39 is 40.0 Å². The first-order valence-corrected chi connectivity index (χ1v) is 10.2. The molecule has 0 amide bonds. The van der Waals surface area contributed by atoms with Crippen LogP contribution < -0.4 is 9.47 Å². The van der Waals surface area contributed by atoms with Gasteiger partial charge in [-0.15, -0.1) is 0 Å². The molecule has 0 aliphatic heterocycles. The minimum atomic E-state index is -5.72. The first kappa shape index (κ1) is 24.6. The molecule has 0 aliphatic rings. The minimum Gasteiger partial charge on any atom is -0.768 e. The maximum absolute atomic E-state index is 14.1. The van der Waals surface area contributed by atoms with Gasteiger partial charge in [0.2, 0.25) is 5.41 Å². The van der Waals surface area contributed by atoms with Crippen molar-refractivity contribution < 1.29 is 44.6 Å². The van der Waals surface area contributed by atoms with Gasteiger partial charge in [-0.05, 0) is 70.7 Å². The van der Waals surface area contributed by atoms with Crippen molar-refractivity contribution >= 4 is 11.1 Å². The third kappa shape index (κ3) is 4.69. The Morgan fingerprint density at radius 1 is 0.667 bits per heavy atom. The van der Waals surface area contributed by atoms with Crippen LogP contribution in [0.15, 0.2) is 77.7 Å². The number of alkyl halides is 6. The smallest absolute Gasteiger partial charge is 0.411 e. The molecule has 3 rings (SSSR count). The van der Waals surface area contributed by atoms with Crippen LogP contribution in [-0.2, 0) is 16.5 Å². The van der Waals surface area contributed by atoms with Crippen molar-refractivity contribution in [2.75, 3.05) is 7.11 Å². The van der Waals surface area contributed by atoms with Crippen molar-refractivity contribution in [2.24, 2.45) is 0 Å². The van der Waals surface area contributed by atoms with E-state index in [0.29, 0.717) is 12.1 Å². The van der Waals surface area contributed by atoms with Gasteiger partial charge in [-0.3, -0.25) is 4.21 Å². The third-order valence-corrected chi connectivity index (χ3v) is 5.57. The quantitative estimate of drug-likeness (QED) is 0.309. The lowest BCUT2D eigenvalue weighted by atomic mass is 9.73. The van der Waals surface area contributed by atoms with E-state index in [4.69, 9.17) is 9.47 Å². The summed E-state index contributed by atoms with van der Waals surface area (Å²) in [6, 6.07) is 11.9. The molecule has 0 bridgehead atoms. The van der Waals surface area contributed by atoms with Crippen LogP contribution in [0.3, 0.4) is 0 Å². The topological polar surface area (TPSA) is 58.6 Å². The zero-order chi connectivity index (χ0) is 24.4. The van der Waals surface area contributed by atoms with Gasteiger partial charge < -0.3 is 14.0 Å². The monoisotopic (exact) mass is 489 g/mol. The van der Waals surface area contributed by atoms with Gasteiger partial charge in [0.05, 0.1) is 7.11 Å². The lowest BCUT2D eigenvalue weighted by molar-refractivity contribution is -0.288. The first-order chi connectivity index (χ1) is 15.4. The van der Waals surface area contributed by atoms with Gasteiger partial charge >= 0.3 is 12.4 Å². The predicted octanol–water partition coefficient (Wildman–Crippen LogP) is 6.14. The molecule has 0 radical (unpaired) electrons. The molecule has 0 N–H and O–H groups in total. The molecule has 0 spiro atoms. The normalized spacial score (nSPS) is 13.5. The first-order valence-electron chi connectivity index (χ1n) is 9.16. The number of ether oxygens (including phenoxy) is 2. The van der Waals surface area contributed by atoms with Crippen molar-refractivity contribution in [3.8, 4) is 17.2 Å². The Morgan fingerprint density at radius 3 is 1.36 bits per heavy atom. The van der Waals surface area contributed by atoms with Crippen molar-refractivity contribution in [3.63, 3.8) is 0 Å². The number of hydrogen-bond acceptors (Lipinski definition) is 4. The Morgan fingerprint density at radius 2 is 1.03 bits per heavy atom. The summed E-state index contributed by atoms with van der Waals surface area (Å²) in [5.74, 6) is 0.209. The average molecular weight is 489 g/mol. The van der Waals surface area contributed by atoms with E-state index in [0.717, 1.165) is 36.4 Å². The average Bonchev–Trinajstić information content (AvgIpc) is 2.74. The third-order valence-electron chi connectivity index (χ3n) is 4.91. The number of halogens is 6. The van der Waals surface area contributed by atoms with Gasteiger partial charge in [-0.25, -0.2) is 0 Å². The van der Waals surface area contributed by atoms with Crippen molar-refractivity contribution in [3.05, 3.63) is 83.9 Å². The van der Waals surface area contributed by atoms with Crippen LogP contribution in [-0.4, -0.2) is 28.2 Å². The molecule has 0 saturated carbocycles. The molecule has 0 fully saturated rings. The molecule has 0 aliphatic carbocycles. The number of hydrogen-bond donors (Lipinski definition) is 0. The fourth-order valence-electron chi connectivity index (χ4n) is 3.35. The van der Waals surface area contributed by atoms with Crippen LogP contribution in [0.4, 0.5) is 26.3 Å². The molecule has 4 nitrogen and oxygen atoms in total. The summed E-state index contributed by atoms with van der Waals surface area (Å²) in [6.45, 7) is 0. The van der Waals surface area contributed by atoms with E-state index in [1.165, 1.54) is 31.4 Å². The van der Waals surface area contributed by atoms with Gasteiger partial charge in [0.1, 0.15) is 17.2 Å². The van der Waals surface area contributed by atoms with E-state index in [2.05, 4.69) is 0 Å². The Kier molecular flexibility index (Phi) is 6.75. The lowest BCUT2D eigenvalue weighted by Crippen LogP contribution is -2.54. The zero-order valence-corrected chi connectivity index (χ0v) is 17.6. The highest BCUT2D eigenvalue weighted by atomic mass is 32.2. The molecule has 33 heavy (non-hydrogen) atoms. The van der Waals surface area contributed by atoms with Crippen LogP contribution in [0.25, 0.3) is 0 Å². The lowest BCUT2D eigenvalue weighted by Gasteiger charge is -2.38. The van der Waals surface area contributed by atoms with Gasteiger partial charge in [0, 0.05) is 4.90 Å². The van der Waals surface area contributed by atoms with E-state index in [-0.39, 0.29) is 22.1 Å². The molecule has 3 aromatic rings. The van der Waals surface area contributed by atoms with Gasteiger partial charge in [0.15, 0.2) is 0 Å². The molecule has 11 heteroatoms. The van der Waals surface area contributed by atoms with Gasteiger partial charge in [0.25, 0.3) is 0 Å². The van der Waals surface area contributed by atoms with Crippen LogP contribution in [0.2, 0.25) is 0 Å². The van der Waals surface area contributed by atoms with Crippen LogP contribution in [0.5, 0.6) is 17.2 Å². The van der Waals surface area contributed by atoms with E-state index in [1.807, 2.05) is 0 Å². The molecule has 1 atom stereocenters. The standard InChI is InChI=1S/C22H16F6O4S/c1-31-16-6-2-14(3-7-16)20(21(23,24)25,22(26,27)28)15-4-8-17(9-5-15)32-18-10-12-19(13-11-18)33(29)30/h2-13H,1H3,(H,29,30)/p-1. The molecular weight excluding hydrogens is 474 g/mol. The van der Waals surface area contributed by atoms with E-state index in [9.17, 15) is 35.1 Å². The van der Waals surface area contributed by atoms with Crippen LogP contribution >= 0.6 is 0 Å². The Labute approximate surface area is 187 Å². The Hall–Kier alpha value is -3.05. The van der Waals surface area contributed by atoms with E-state index in [1.54, 1.807) is 0 Å². The molecule has 0 heterocycles. The SMILES string of the molecule is COc1ccc(C(c2ccc(Oc3ccc(S(=O)[O-])cc3)cc2)(C(F)(F)F)C(F)(F)F)cc1. The minimum absolute atomic E-state index is 0.0164. The molecule has 3 aromatic carbocycles. The molecular formula is C22H15F6O4S-. The highest BCUT2D eigenvalue weighted by molar-refractivity contribution is 7.79. The van der Waals surface area contributed by atoms with Crippen LogP contribution in [0, 0.1) is 0 Å². The molecule has 1 unspecified atom stereocenters. The summed E-state index contributed by atoms with van der Waals surface area (Å²) in [7, 11) is 1.24. The second kappa shape index (κ2) is 9.06. The maximum Gasteiger partial charge on any atom is 0.411 e. The van der Waals surface area contributed by atoms with E-state index >= 15 is 0 Å². The Balaban J connectivity index is 2.04. The predicted molar refractivity (Wildman–Crippen MR) is 106 cm³/mol. The summed E-state index contributed by atoms with van der Waals surface area (Å²) in [5.41, 5.74) is -6.35. The summed E-state index contributed by atoms with van der Waals surface area (Å²) in [6.07, 6.45) is -11.4. The summed E-state index contributed by atoms with van der Waals surface area (Å²) >= 11 is -2.46. The van der Waals surface area contributed by atoms with Crippen molar-refractivity contribution in [2.45, 2.75) is 22.7 Å². The Bertz CT molecular complexity index is 1090. The van der Waals surface area contributed by atoms with Gasteiger partial charge in [-0.1, -0.05) is 24.3 Å². The fraction of sp³-hybridized carbons (Fsp3) is 0.182. The maximum atomic E-state index is 14.1. The number of benzene rings is 3.